The quantitative estimate of drug-likeness (QED) is 0.749. The summed E-state index contributed by atoms with van der Waals surface area (Å²) < 4.78 is 38.0. The van der Waals surface area contributed by atoms with Gasteiger partial charge in [-0.3, -0.25) is 14.1 Å². The maximum atomic E-state index is 13.1. The highest BCUT2D eigenvalue weighted by Crippen LogP contribution is 2.18. The number of carbonyl (C=O) groups is 1. The van der Waals surface area contributed by atoms with Gasteiger partial charge in [0.25, 0.3) is 0 Å². The van der Waals surface area contributed by atoms with Crippen LogP contribution in [0, 0.1) is 5.82 Å². The van der Waals surface area contributed by atoms with E-state index in [2.05, 4.69) is 4.98 Å². The van der Waals surface area contributed by atoms with Gasteiger partial charge < -0.3 is 4.90 Å². The Balaban J connectivity index is 2.05. The van der Waals surface area contributed by atoms with Crippen LogP contribution in [-0.2, 0) is 21.2 Å². The Bertz CT molecular complexity index is 811. The second-order valence-electron chi connectivity index (χ2n) is 5.67. The number of hydrogen-bond acceptors (Lipinski definition) is 4. The van der Waals surface area contributed by atoms with Gasteiger partial charge in [-0.15, -0.1) is 0 Å². The third kappa shape index (κ3) is 5.53. The lowest BCUT2D eigenvalue weighted by atomic mass is 10.2. The zero-order valence-corrected chi connectivity index (χ0v) is 14.9. The average Bonchev–Trinajstić information content (AvgIpc) is 2.58. The van der Waals surface area contributed by atoms with Gasteiger partial charge in [0, 0.05) is 26.0 Å². The van der Waals surface area contributed by atoms with Crippen LogP contribution in [0.1, 0.15) is 5.56 Å². The number of rotatable bonds is 7. The molecule has 2 rings (SSSR count). The first-order valence-corrected chi connectivity index (χ1v) is 9.48. The van der Waals surface area contributed by atoms with Crippen molar-refractivity contribution < 1.29 is 17.6 Å². The van der Waals surface area contributed by atoms with Gasteiger partial charge in [0.05, 0.1) is 11.9 Å². The molecule has 0 N–H and O–H groups in total. The minimum atomic E-state index is -3.67. The molecule has 6 nitrogen and oxygen atoms in total. The van der Waals surface area contributed by atoms with Gasteiger partial charge in [0.2, 0.25) is 15.9 Å². The molecule has 0 spiro atoms. The molecule has 0 aliphatic heterocycles. The highest BCUT2D eigenvalue weighted by Gasteiger charge is 2.22. The highest BCUT2D eigenvalue weighted by molar-refractivity contribution is 7.92. The second kappa shape index (κ2) is 8.06. The van der Waals surface area contributed by atoms with E-state index in [-0.39, 0.29) is 18.1 Å². The third-order valence-corrected chi connectivity index (χ3v) is 4.85. The maximum Gasteiger partial charge on any atom is 0.243 e. The summed E-state index contributed by atoms with van der Waals surface area (Å²) in [5.41, 5.74) is 1.29. The summed E-state index contributed by atoms with van der Waals surface area (Å²) in [5, 5.41) is 0. The molecular weight excluding hydrogens is 345 g/mol. The Morgan fingerprint density at radius 3 is 2.28 bits per heavy atom. The van der Waals surface area contributed by atoms with E-state index in [0.29, 0.717) is 13.0 Å². The van der Waals surface area contributed by atoms with E-state index >= 15 is 0 Å². The maximum absolute atomic E-state index is 13.1. The largest absolute Gasteiger partial charge is 0.344 e. The highest BCUT2D eigenvalue weighted by atomic mass is 32.2. The fraction of sp³-hybridized carbons (Fsp3) is 0.294. The first-order valence-electron chi connectivity index (χ1n) is 7.63. The fourth-order valence-electron chi connectivity index (χ4n) is 2.22. The summed E-state index contributed by atoms with van der Waals surface area (Å²) in [4.78, 5) is 17.8. The molecule has 1 amide bonds. The summed E-state index contributed by atoms with van der Waals surface area (Å²) in [6, 6.07) is 8.71. The number of likely N-dealkylation sites (N-methyl/N-ethyl adjacent to an activating group) is 1. The Morgan fingerprint density at radius 1 is 1.12 bits per heavy atom. The molecule has 25 heavy (non-hydrogen) atoms. The molecule has 0 radical (unpaired) electrons. The molecule has 1 heterocycles. The lowest BCUT2D eigenvalue weighted by molar-refractivity contribution is -0.128. The summed E-state index contributed by atoms with van der Waals surface area (Å²) in [6.07, 6.45) is 5.01. The van der Waals surface area contributed by atoms with Gasteiger partial charge >= 0.3 is 0 Å². The monoisotopic (exact) mass is 365 g/mol. The predicted molar refractivity (Wildman–Crippen MR) is 94.2 cm³/mol. The van der Waals surface area contributed by atoms with Crippen molar-refractivity contribution in [2.24, 2.45) is 0 Å². The van der Waals surface area contributed by atoms with Crippen LogP contribution >= 0.6 is 0 Å². The normalized spacial score (nSPS) is 11.2. The molecule has 1 aromatic carbocycles. The first kappa shape index (κ1) is 18.9. The van der Waals surface area contributed by atoms with Gasteiger partial charge in [-0.05, 0) is 48.4 Å². The van der Waals surface area contributed by atoms with Crippen LogP contribution in [0.5, 0.6) is 0 Å². The molecule has 0 bridgehead atoms. The number of carbonyl (C=O) groups excluding carboxylic acids is 1. The molecule has 0 atom stereocenters. The Kier molecular flexibility index (Phi) is 6.08. The van der Waals surface area contributed by atoms with Crippen molar-refractivity contribution in [3.63, 3.8) is 0 Å². The number of hydrogen-bond donors (Lipinski definition) is 0. The zero-order valence-electron chi connectivity index (χ0n) is 14.1. The lowest BCUT2D eigenvalue weighted by Gasteiger charge is -2.25. The van der Waals surface area contributed by atoms with Crippen LogP contribution in [0.3, 0.4) is 0 Å². The SMILES string of the molecule is CN(CCc1ccncc1)C(=O)CN(c1ccc(F)cc1)S(C)(=O)=O. The number of amides is 1. The molecule has 0 aliphatic carbocycles. The topological polar surface area (TPSA) is 70.6 Å². The molecule has 0 saturated carbocycles. The van der Waals surface area contributed by atoms with Crippen molar-refractivity contribution in [1.29, 1.82) is 0 Å². The standard InChI is InChI=1S/C17H20FN3O3S/c1-20(12-9-14-7-10-19-11-8-14)17(22)13-21(25(2,23)24)16-5-3-15(18)4-6-16/h3-8,10-11H,9,12-13H2,1-2H3. The number of nitrogens with zero attached hydrogens (tertiary/aromatic N) is 3. The summed E-state index contributed by atoms with van der Waals surface area (Å²) in [7, 11) is -2.05. The van der Waals surface area contributed by atoms with Crippen LogP contribution in [0.15, 0.2) is 48.8 Å². The molecule has 134 valence electrons. The molecule has 0 aliphatic rings. The van der Waals surface area contributed by atoms with Crippen molar-refractivity contribution in [3.8, 4) is 0 Å². The smallest absolute Gasteiger partial charge is 0.243 e. The van der Waals surface area contributed by atoms with Crippen molar-refractivity contribution in [1.82, 2.24) is 9.88 Å². The summed E-state index contributed by atoms with van der Waals surface area (Å²) in [5.74, 6) is -0.818. The predicted octanol–water partition coefficient (Wildman–Crippen LogP) is 1.69. The number of halogens is 1. The van der Waals surface area contributed by atoms with E-state index in [1.54, 1.807) is 19.4 Å². The molecule has 0 fully saturated rings. The molecule has 8 heteroatoms. The van der Waals surface area contributed by atoms with Crippen molar-refractivity contribution >= 4 is 21.6 Å². The van der Waals surface area contributed by atoms with Crippen LogP contribution in [0.25, 0.3) is 0 Å². The molecule has 1 aromatic heterocycles. The Labute approximate surface area is 147 Å². The number of aromatic nitrogens is 1. The van der Waals surface area contributed by atoms with E-state index in [1.807, 2.05) is 12.1 Å². The van der Waals surface area contributed by atoms with E-state index in [4.69, 9.17) is 0 Å². The molecular formula is C17H20FN3O3S. The van der Waals surface area contributed by atoms with Gasteiger partial charge in [-0.2, -0.15) is 0 Å². The van der Waals surface area contributed by atoms with E-state index in [9.17, 15) is 17.6 Å². The minimum Gasteiger partial charge on any atom is -0.344 e. The average molecular weight is 365 g/mol. The van der Waals surface area contributed by atoms with Gasteiger partial charge in [-0.25, -0.2) is 12.8 Å². The van der Waals surface area contributed by atoms with Crippen molar-refractivity contribution in [2.45, 2.75) is 6.42 Å². The van der Waals surface area contributed by atoms with Crippen molar-refractivity contribution in [2.75, 3.05) is 30.7 Å². The van der Waals surface area contributed by atoms with Gasteiger partial charge in [0.15, 0.2) is 0 Å². The third-order valence-electron chi connectivity index (χ3n) is 3.70. The summed E-state index contributed by atoms with van der Waals surface area (Å²) in [6.45, 7) is 0.112. The number of anilines is 1. The van der Waals surface area contributed by atoms with E-state index in [0.717, 1.165) is 28.3 Å². The zero-order chi connectivity index (χ0) is 18.4. The van der Waals surface area contributed by atoms with E-state index in [1.165, 1.54) is 17.0 Å². The number of pyridine rings is 1. The van der Waals surface area contributed by atoms with Crippen LogP contribution in [0.2, 0.25) is 0 Å². The van der Waals surface area contributed by atoms with Gasteiger partial charge in [0.1, 0.15) is 12.4 Å². The van der Waals surface area contributed by atoms with Crippen molar-refractivity contribution in [3.05, 3.63) is 60.2 Å². The summed E-state index contributed by atoms with van der Waals surface area (Å²) >= 11 is 0. The number of benzene rings is 1. The lowest BCUT2D eigenvalue weighted by Crippen LogP contribution is -2.41. The van der Waals surface area contributed by atoms with Gasteiger partial charge in [-0.1, -0.05) is 0 Å². The van der Waals surface area contributed by atoms with Crippen LogP contribution in [-0.4, -0.2) is 50.6 Å². The first-order chi connectivity index (χ1) is 11.8. The van der Waals surface area contributed by atoms with Crippen LogP contribution < -0.4 is 4.31 Å². The molecule has 2 aromatic rings. The Hall–Kier alpha value is -2.48. The Morgan fingerprint density at radius 2 is 1.72 bits per heavy atom. The van der Waals surface area contributed by atoms with Crippen LogP contribution in [0.4, 0.5) is 10.1 Å². The number of sulfonamides is 1. The molecule has 0 unspecified atom stereocenters. The fourth-order valence-corrected chi connectivity index (χ4v) is 3.07. The minimum absolute atomic E-state index is 0.250. The molecule has 0 saturated heterocycles. The second-order valence-corrected chi connectivity index (χ2v) is 7.57. The van der Waals surface area contributed by atoms with E-state index < -0.39 is 15.8 Å².